The summed E-state index contributed by atoms with van der Waals surface area (Å²) < 4.78 is 0. The standard InChI is InChI=1S/C15H15Cl2N/c1-10-5-4-8-18-15(10)9-14(17)12-6-3-7-13(16)11(12)2/h3-8,14H,9H2,1-2H3. The maximum absolute atomic E-state index is 6.49. The number of benzene rings is 1. The molecule has 1 aromatic carbocycles. The highest BCUT2D eigenvalue weighted by Gasteiger charge is 2.14. The van der Waals surface area contributed by atoms with Crippen molar-refractivity contribution in [1.82, 2.24) is 4.98 Å². The molecule has 0 aliphatic rings. The summed E-state index contributed by atoms with van der Waals surface area (Å²) in [5.41, 5.74) is 4.33. The second-order valence-corrected chi connectivity index (χ2v) is 5.33. The van der Waals surface area contributed by atoms with Gasteiger partial charge in [-0.2, -0.15) is 0 Å². The third kappa shape index (κ3) is 2.85. The van der Waals surface area contributed by atoms with Gasteiger partial charge in [-0.25, -0.2) is 0 Å². The van der Waals surface area contributed by atoms with Crippen LogP contribution < -0.4 is 0 Å². The first-order valence-corrected chi connectivity index (χ1v) is 6.70. The van der Waals surface area contributed by atoms with Crippen molar-refractivity contribution in [2.45, 2.75) is 25.6 Å². The molecule has 0 saturated carbocycles. The van der Waals surface area contributed by atoms with Gasteiger partial charge in [-0.05, 0) is 42.7 Å². The third-order valence-electron chi connectivity index (χ3n) is 3.14. The minimum atomic E-state index is -0.0997. The molecule has 0 fully saturated rings. The van der Waals surface area contributed by atoms with Crippen molar-refractivity contribution in [3.8, 4) is 0 Å². The number of hydrogen-bond acceptors (Lipinski definition) is 1. The minimum Gasteiger partial charge on any atom is -0.261 e. The SMILES string of the molecule is Cc1cccnc1CC(Cl)c1cccc(Cl)c1C. The molecule has 94 valence electrons. The topological polar surface area (TPSA) is 12.9 Å². The molecule has 0 N–H and O–H groups in total. The van der Waals surface area contributed by atoms with Crippen LogP contribution in [0.2, 0.25) is 5.02 Å². The Morgan fingerprint density at radius 2 is 1.94 bits per heavy atom. The van der Waals surface area contributed by atoms with Crippen LogP contribution in [0.25, 0.3) is 0 Å². The molecule has 0 amide bonds. The van der Waals surface area contributed by atoms with Crippen LogP contribution in [0.1, 0.15) is 27.8 Å². The van der Waals surface area contributed by atoms with Gasteiger partial charge in [0.05, 0.1) is 5.38 Å². The van der Waals surface area contributed by atoms with Gasteiger partial charge in [0.1, 0.15) is 0 Å². The Hall–Kier alpha value is -1.05. The molecule has 2 rings (SSSR count). The van der Waals surface area contributed by atoms with Crippen LogP contribution >= 0.6 is 23.2 Å². The minimum absolute atomic E-state index is 0.0997. The maximum atomic E-state index is 6.49. The second-order valence-electron chi connectivity index (χ2n) is 4.39. The zero-order valence-corrected chi connectivity index (χ0v) is 12.0. The van der Waals surface area contributed by atoms with E-state index in [0.29, 0.717) is 0 Å². The Morgan fingerprint density at radius 1 is 1.17 bits per heavy atom. The zero-order valence-electron chi connectivity index (χ0n) is 10.5. The fourth-order valence-electron chi connectivity index (χ4n) is 1.98. The molecule has 1 heterocycles. The first-order chi connectivity index (χ1) is 8.59. The van der Waals surface area contributed by atoms with Crippen molar-refractivity contribution in [3.63, 3.8) is 0 Å². The van der Waals surface area contributed by atoms with Gasteiger partial charge in [0.2, 0.25) is 0 Å². The lowest BCUT2D eigenvalue weighted by atomic mass is 10.0. The summed E-state index contributed by atoms with van der Waals surface area (Å²) in [7, 11) is 0. The summed E-state index contributed by atoms with van der Waals surface area (Å²) in [6, 6.07) is 9.84. The Kier molecular flexibility index (Phi) is 4.26. The molecule has 0 radical (unpaired) electrons. The number of hydrogen-bond donors (Lipinski definition) is 0. The molecular weight excluding hydrogens is 265 g/mol. The number of aromatic nitrogens is 1. The molecule has 1 atom stereocenters. The Morgan fingerprint density at radius 3 is 2.67 bits per heavy atom. The Bertz CT molecular complexity index is 552. The van der Waals surface area contributed by atoms with Crippen LogP contribution in [0.15, 0.2) is 36.5 Å². The summed E-state index contributed by atoms with van der Waals surface area (Å²) in [5, 5.41) is 0.660. The number of rotatable bonds is 3. The van der Waals surface area contributed by atoms with E-state index in [1.54, 1.807) is 6.20 Å². The molecule has 2 aromatic rings. The van der Waals surface area contributed by atoms with Crippen LogP contribution in [0.3, 0.4) is 0 Å². The van der Waals surface area contributed by atoms with Gasteiger partial charge in [-0.1, -0.05) is 29.8 Å². The fraction of sp³-hybridized carbons (Fsp3) is 0.267. The molecule has 0 aliphatic carbocycles. The van der Waals surface area contributed by atoms with Gasteiger partial charge >= 0.3 is 0 Å². The van der Waals surface area contributed by atoms with E-state index in [1.165, 1.54) is 5.56 Å². The number of halogens is 2. The van der Waals surface area contributed by atoms with Gasteiger partial charge in [0.15, 0.2) is 0 Å². The number of alkyl halides is 1. The van der Waals surface area contributed by atoms with Crippen molar-refractivity contribution in [1.29, 1.82) is 0 Å². The van der Waals surface area contributed by atoms with E-state index >= 15 is 0 Å². The van der Waals surface area contributed by atoms with Gasteiger partial charge < -0.3 is 0 Å². The highest BCUT2D eigenvalue weighted by atomic mass is 35.5. The lowest BCUT2D eigenvalue weighted by Gasteiger charge is -2.14. The summed E-state index contributed by atoms with van der Waals surface area (Å²) in [5.74, 6) is 0. The maximum Gasteiger partial charge on any atom is 0.0643 e. The quantitative estimate of drug-likeness (QED) is 0.730. The summed E-state index contributed by atoms with van der Waals surface area (Å²) in [4.78, 5) is 4.38. The summed E-state index contributed by atoms with van der Waals surface area (Å²) in [6.45, 7) is 4.05. The van der Waals surface area contributed by atoms with E-state index in [0.717, 1.165) is 28.3 Å². The molecule has 1 aromatic heterocycles. The second kappa shape index (κ2) is 5.73. The monoisotopic (exact) mass is 279 g/mol. The van der Waals surface area contributed by atoms with E-state index in [4.69, 9.17) is 23.2 Å². The van der Waals surface area contributed by atoms with E-state index < -0.39 is 0 Å². The van der Waals surface area contributed by atoms with Crippen LogP contribution in [0.4, 0.5) is 0 Å². The molecule has 0 spiro atoms. The predicted molar refractivity (Wildman–Crippen MR) is 77.5 cm³/mol. The van der Waals surface area contributed by atoms with E-state index in [2.05, 4.69) is 18.0 Å². The first kappa shape index (κ1) is 13.4. The Balaban J connectivity index is 2.25. The zero-order chi connectivity index (χ0) is 13.1. The summed E-state index contributed by atoms with van der Waals surface area (Å²) in [6.07, 6.45) is 2.52. The lowest BCUT2D eigenvalue weighted by Crippen LogP contribution is -2.02. The highest BCUT2D eigenvalue weighted by molar-refractivity contribution is 6.31. The van der Waals surface area contributed by atoms with E-state index in [9.17, 15) is 0 Å². The molecule has 0 saturated heterocycles. The molecule has 1 unspecified atom stereocenters. The van der Waals surface area contributed by atoms with Crippen LogP contribution in [0, 0.1) is 13.8 Å². The third-order valence-corrected chi connectivity index (χ3v) is 3.94. The fourth-order valence-corrected chi connectivity index (χ4v) is 2.54. The number of aryl methyl sites for hydroxylation is 1. The van der Waals surface area contributed by atoms with Crippen LogP contribution in [0.5, 0.6) is 0 Å². The molecule has 18 heavy (non-hydrogen) atoms. The number of nitrogens with zero attached hydrogens (tertiary/aromatic N) is 1. The predicted octanol–water partition coefficient (Wildman–Crippen LogP) is 4.87. The van der Waals surface area contributed by atoms with Gasteiger partial charge in [-0.15, -0.1) is 11.6 Å². The highest BCUT2D eigenvalue weighted by Crippen LogP contribution is 2.31. The number of pyridine rings is 1. The van der Waals surface area contributed by atoms with Crippen LogP contribution in [-0.4, -0.2) is 4.98 Å². The van der Waals surface area contributed by atoms with Gasteiger partial charge in [0.25, 0.3) is 0 Å². The molecule has 3 heteroatoms. The van der Waals surface area contributed by atoms with Gasteiger partial charge in [-0.3, -0.25) is 4.98 Å². The van der Waals surface area contributed by atoms with E-state index in [-0.39, 0.29) is 5.38 Å². The first-order valence-electron chi connectivity index (χ1n) is 5.89. The van der Waals surface area contributed by atoms with Crippen molar-refractivity contribution < 1.29 is 0 Å². The Labute approximate surface area is 118 Å². The van der Waals surface area contributed by atoms with Gasteiger partial charge in [0, 0.05) is 23.3 Å². The molecule has 1 nitrogen and oxygen atoms in total. The summed E-state index contributed by atoms with van der Waals surface area (Å²) >= 11 is 12.6. The van der Waals surface area contributed by atoms with E-state index in [1.807, 2.05) is 31.2 Å². The van der Waals surface area contributed by atoms with Crippen molar-refractivity contribution in [2.75, 3.05) is 0 Å². The average molecular weight is 280 g/mol. The largest absolute Gasteiger partial charge is 0.261 e. The normalized spacial score (nSPS) is 12.4. The van der Waals surface area contributed by atoms with Crippen LogP contribution in [-0.2, 0) is 6.42 Å². The lowest BCUT2D eigenvalue weighted by molar-refractivity contribution is 0.863. The van der Waals surface area contributed by atoms with Crippen molar-refractivity contribution >= 4 is 23.2 Å². The smallest absolute Gasteiger partial charge is 0.0643 e. The van der Waals surface area contributed by atoms with Crippen molar-refractivity contribution in [2.24, 2.45) is 0 Å². The molecule has 0 bridgehead atoms. The van der Waals surface area contributed by atoms with Crippen molar-refractivity contribution in [3.05, 3.63) is 63.9 Å². The average Bonchev–Trinajstić information content (AvgIpc) is 2.35. The molecular formula is C15H15Cl2N. The molecule has 0 aliphatic heterocycles.